The molecule has 1 heterocycles. The summed E-state index contributed by atoms with van der Waals surface area (Å²) in [7, 11) is 0. The molecule has 0 bridgehead atoms. The van der Waals surface area contributed by atoms with Crippen molar-refractivity contribution in [2.45, 2.75) is 32.0 Å². The second-order valence-electron chi connectivity index (χ2n) is 7.30. The number of hydroxylamine groups is 1. The minimum absolute atomic E-state index is 0.0811. The van der Waals surface area contributed by atoms with Gasteiger partial charge in [0.15, 0.2) is 11.5 Å². The lowest BCUT2D eigenvalue weighted by Gasteiger charge is -2.23. The summed E-state index contributed by atoms with van der Waals surface area (Å²) >= 11 is 5.70. The summed E-state index contributed by atoms with van der Waals surface area (Å²) in [6.45, 7) is 0.671. The third-order valence-corrected chi connectivity index (χ3v) is 5.02. The van der Waals surface area contributed by atoms with Gasteiger partial charge < -0.3 is 10.2 Å². The maximum Gasteiger partial charge on any atom is 0.493 e. The lowest BCUT2D eigenvalue weighted by Crippen LogP contribution is -2.39. The number of unbranched alkanes of at least 4 members (excludes halogenated alkanes) is 1. The van der Waals surface area contributed by atoms with Crippen molar-refractivity contribution in [3.8, 4) is 0 Å². The van der Waals surface area contributed by atoms with Crippen molar-refractivity contribution in [1.29, 1.82) is 5.41 Å². The maximum atomic E-state index is 13.5. The van der Waals surface area contributed by atoms with E-state index in [0.29, 0.717) is 6.54 Å². The highest BCUT2D eigenvalue weighted by molar-refractivity contribution is 6.31. The van der Waals surface area contributed by atoms with Crippen LogP contribution in [0.3, 0.4) is 0 Å². The number of carbonyl (C=O) groups is 1. The molecule has 3 aromatic rings. The van der Waals surface area contributed by atoms with Gasteiger partial charge in [-0.2, -0.15) is 18.2 Å². The molecule has 2 N–H and O–H groups in total. The predicted molar refractivity (Wildman–Crippen MR) is 118 cm³/mol. The van der Waals surface area contributed by atoms with Gasteiger partial charge in [-0.15, -0.1) is 0 Å². The van der Waals surface area contributed by atoms with Crippen LogP contribution in [0.25, 0.3) is 0 Å². The predicted octanol–water partition coefficient (Wildman–Crippen LogP) is 4.83. The third-order valence-electron chi connectivity index (χ3n) is 4.73. The zero-order valence-corrected chi connectivity index (χ0v) is 18.9. The van der Waals surface area contributed by atoms with E-state index in [1.807, 2.05) is 30.3 Å². The number of halogens is 5. The fourth-order valence-electron chi connectivity index (χ4n) is 3.00. The van der Waals surface area contributed by atoms with Gasteiger partial charge in [0.05, 0.1) is 10.7 Å². The molecule has 35 heavy (non-hydrogen) atoms. The quantitative estimate of drug-likeness (QED) is 0.139. The van der Waals surface area contributed by atoms with E-state index in [2.05, 4.69) is 25.1 Å². The van der Waals surface area contributed by atoms with Crippen LogP contribution in [-0.2, 0) is 22.6 Å². The number of hydrogen-bond acceptors (Lipinski definition) is 7. The standard InChI is InChI=1S/C22H20ClF4N5O3/c23-16-12-15(9-10-17(16)24)32(34-21(33)22(25,26)27)20(28)19-18(30-35-31-19)13-29-11-5-4-8-14-6-2-1-3-7-14/h1-3,6-7,9-10,12,28-29H,4-5,8,11,13H2. The summed E-state index contributed by atoms with van der Waals surface area (Å²) < 4.78 is 56.6. The molecule has 0 aliphatic carbocycles. The Labute approximate surface area is 202 Å². The van der Waals surface area contributed by atoms with Gasteiger partial charge in [-0.25, -0.2) is 13.8 Å². The number of nitrogens with one attached hydrogen (secondary N) is 2. The van der Waals surface area contributed by atoms with Gasteiger partial charge in [-0.3, -0.25) is 5.41 Å². The van der Waals surface area contributed by atoms with Crippen molar-refractivity contribution >= 4 is 29.1 Å². The van der Waals surface area contributed by atoms with Crippen LogP contribution in [0.5, 0.6) is 0 Å². The smallest absolute Gasteiger partial charge is 0.326 e. The van der Waals surface area contributed by atoms with Crippen molar-refractivity contribution in [3.05, 3.63) is 76.3 Å². The van der Waals surface area contributed by atoms with E-state index in [-0.39, 0.29) is 28.7 Å². The summed E-state index contributed by atoms with van der Waals surface area (Å²) in [5.74, 6) is -4.26. The molecule has 0 atom stereocenters. The van der Waals surface area contributed by atoms with Crippen LogP contribution in [0.15, 0.2) is 53.2 Å². The van der Waals surface area contributed by atoms with E-state index in [1.54, 1.807) is 0 Å². The average Bonchev–Trinajstić information content (AvgIpc) is 3.29. The van der Waals surface area contributed by atoms with Crippen LogP contribution in [0, 0.1) is 11.2 Å². The van der Waals surface area contributed by atoms with Crippen LogP contribution in [0.4, 0.5) is 23.2 Å². The van der Waals surface area contributed by atoms with Gasteiger partial charge in [0.1, 0.15) is 11.5 Å². The van der Waals surface area contributed by atoms with Crippen LogP contribution in [0.2, 0.25) is 5.02 Å². The normalized spacial score (nSPS) is 11.3. The highest BCUT2D eigenvalue weighted by atomic mass is 35.5. The van der Waals surface area contributed by atoms with Crippen LogP contribution in [-0.4, -0.2) is 34.8 Å². The van der Waals surface area contributed by atoms with E-state index in [0.717, 1.165) is 37.5 Å². The molecule has 0 aliphatic heterocycles. The van der Waals surface area contributed by atoms with Gasteiger partial charge in [0.25, 0.3) is 0 Å². The van der Waals surface area contributed by atoms with E-state index in [4.69, 9.17) is 17.0 Å². The molecule has 0 saturated heterocycles. The second-order valence-corrected chi connectivity index (χ2v) is 7.70. The number of hydrogen-bond donors (Lipinski definition) is 2. The summed E-state index contributed by atoms with van der Waals surface area (Å²) in [5, 5.41) is 18.4. The Balaban J connectivity index is 1.66. The van der Waals surface area contributed by atoms with Gasteiger partial charge in [-0.05, 0) is 54.7 Å². The Morgan fingerprint density at radius 3 is 2.57 bits per heavy atom. The Morgan fingerprint density at radius 1 is 1.14 bits per heavy atom. The Morgan fingerprint density at radius 2 is 1.89 bits per heavy atom. The summed E-state index contributed by atoms with van der Waals surface area (Å²) in [5.41, 5.74) is 0.719. The molecule has 0 amide bonds. The lowest BCUT2D eigenvalue weighted by molar-refractivity contribution is -0.199. The first-order chi connectivity index (χ1) is 16.7. The number of amidine groups is 1. The molecule has 13 heteroatoms. The Kier molecular flexibility index (Phi) is 8.77. The number of nitrogens with zero attached hydrogens (tertiary/aromatic N) is 3. The molecule has 0 saturated carbocycles. The average molecular weight is 514 g/mol. The number of alkyl halides is 3. The zero-order chi connectivity index (χ0) is 25.4. The number of benzene rings is 2. The van der Waals surface area contributed by atoms with E-state index in [1.165, 1.54) is 5.56 Å². The Hall–Kier alpha value is -3.51. The van der Waals surface area contributed by atoms with Crippen molar-refractivity contribution in [3.63, 3.8) is 0 Å². The number of carbonyl (C=O) groups excluding carboxylic acids is 1. The van der Waals surface area contributed by atoms with Crippen LogP contribution < -0.4 is 10.4 Å². The summed E-state index contributed by atoms with van der Waals surface area (Å²) in [6, 6.07) is 12.7. The van der Waals surface area contributed by atoms with Crippen molar-refractivity contribution in [2.24, 2.45) is 0 Å². The van der Waals surface area contributed by atoms with Crippen molar-refractivity contribution < 1.29 is 31.8 Å². The SMILES string of the molecule is N=C(c1nonc1CNCCCCc1ccccc1)N(OC(=O)C(F)(F)F)c1ccc(F)c(Cl)c1. The van der Waals surface area contributed by atoms with E-state index < -0.39 is 28.8 Å². The lowest BCUT2D eigenvalue weighted by atomic mass is 10.1. The summed E-state index contributed by atoms with van der Waals surface area (Å²) in [4.78, 5) is 15.8. The molecule has 8 nitrogen and oxygen atoms in total. The van der Waals surface area contributed by atoms with E-state index in [9.17, 15) is 22.4 Å². The summed E-state index contributed by atoms with van der Waals surface area (Å²) in [6.07, 6.45) is -2.70. The zero-order valence-electron chi connectivity index (χ0n) is 18.1. The van der Waals surface area contributed by atoms with E-state index >= 15 is 0 Å². The molecular weight excluding hydrogens is 494 g/mol. The minimum atomic E-state index is -5.35. The number of anilines is 1. The molecule has 0 unspecified atom stereocenters. The number of aryl methyl sites for hydroxylation is 1. The molecule has 186 valence electrons. The first-order valence-electron chi connectivity index (χ1n) is 10.4. The molecule has 1 aromatic heterocycles. The largest absolute Gasteiger partial charge is 0.493 e. The van der Waals surface area contributed by atoms with Gasteiger partial charge in [0, 0.05) is 6.54 Å². The Bertz CT molecular complexity index is 1160. The molecule has 2 aromatic carbocycles. The highest BCUT2D eigenvalue weighted by Crippen LogP contribution is 2.27. The second kappa shape index (κ2) is 11.8. The fraction of sp³-hybridized carbons (Fsp3) is 0.273. The third kappa shape index (κ3) is 7.23. The monoisotopic (exact) mass is 513 g/mol. The first kappa shape index (κ1) is 26.1. The highest BCUT2D eigenvalue weighted by Gasteiger charge is 2.44. The first-order valence-corrected chi connectivity index (χ1v) is 10.7. The molecule has 3 rings (SSSR count). The fourth-order valence-corrected chi connectivity index (χ4v) is 3.18. The molecule has 0 radical (unpaired) electrons. The number of rotatable bonds is 9. The topological polar surface area (TPSA) is 104 Å². The minimum Gasteiger partial charge on any atom is -0.326 e. The van der Waals surface area contributed by atoms with Gasteiger partial charge >= 0.3 is 12.1 Å². The molecule has 0 fully saturated rings. The van der Waals surface area contributed by atoms with Crippen LogP contribution in [0.1, 0.15) is 29.8 Å². The van der Waals surface area contributed by atoms with Crippen molar-refractivity contribution in [1.82, 2.24) is 15.6 Å². The van der Waals surface area contributed by atoms with Crippen LogP contribution >= 0.6 is 11.6 Å². The maximum absolute atomic E-state index is 13.5. The van der Waals surface area contributed by atoms with Gasteiger partial charge in [-0.1, -0.05) is 47.1 Å². The van der Waals surface area contributed by atoms with Gasteiger partial charge in [0.2, 0.25) is 0 Å². The van der Waals surface area contributed by atoms with Crippen molar-refractivity contribution in [2.75, 3.05) is 11.6 Å². The molecular formula is C22H20ClF4N5O3. The molecule has 0 spiro atoms. The molecule has 0 aliphatic rings. The number of aromatic nitrogens is 2.